The summed E-state index contributed by atoms with van der Waals surface area (Å²) in [4.78, 5) is 26.2. The van der Waals surface area contributed by atoms with Crippen LogP contribution in [0.2, 0.25) is 0 Å². The van der Waals surface area contributed by atoms with E-state index in [0.717, 1.165) is 61.3 Å². The number of halogens is 3. The number of rotatable bonds is 22. The van der Waals surface area contributed by atoms with E-state index in [4.69, 9.17) is 10.0 Å². The van der Waals surface area contributed by atoms with Gasteiger partial charge in [0.15, 0.2) is 0 Å². The summed E-state index contributed by atoms with van der Waals surface area (Å²) in [5.41, 5.74) is 11.1. The second-order valence-electron chi connectivity index (χ2n) is 21.3. The number of hydrogen-bond donors (Lipinski definition) is 8. The summed E-state index contributed by atoms with van der Waals surface area (Å²) in [6, 6.07) is 55.4. The number of hydrogen-bond acceptors (Lipinski definition) is 12. The van der Waals surface area contributed by atoms with Gasteiger partial charge < -0.3 is 31.3 Å². The van der Waals surface area contributed by atoms with E-state index in [-0.39, 0.29) is 42.3 Å². The van der Waals surface area contributed by atoms with Crippen molar-refractivity contribution in [3.8, 4) is 33.9 Å². The molecule has 16 nitrogen and oxygen atoms in total. The van der Waals surface area contributed by atoms with Gasteiger partial charge in [-0.1, -0.05) is 201 Å². The van der Waals surface area contributed by atoms with Gasteiger partial charge in [0.05, 0.1) is 35.6 Å². The number of allylic oxidation sites excluding steroid dienone is 2. The smallest absolute Gasteiger partial charge is 0.423 e. The summed E-state index contributed by atoms with van der Waals surface area (Å²) in [6.07, 6.45) is 3.67. The van der Waals surface area contributed by atoms with Gasteiger partial charge in [-0.3, -0.25) is 9.59 Å². The van der Waals surface area contributed by atoms with Crippen molar-refractivity contribution in [2.45, 2.75) is 52.4 Å². The highest BCUT2D eigenvalue weighted by Gasteiger charge is 2.25. The molecule has 88 heavy (non-hydrogen) atoms. The molecule has 10 aromatic rings. The van der Waals surface area contributed by atoms with Crippen molar-refractivity contribution in [3.63, 3.8) is 0 Å². The third kappa shape index (κ3) is 17.2. The summed E-state index contributed by atoms with van der Waals surface area (Å²) in [5, 5.41) is 59.2. The first kappa shape index (κ1) is 64.2. The Balaban J connectivity index is 0.000000191. The van der Waals surface area contributed by atoms with E-state index in [0.29, 0.717) is 63.6 Å². The van der Waals surface area contributed by atoms with Gasteiger partial charge in [-0.25, -0.2) is 8.78 Å². The van der Waals surface area contributed by atoms with E-state index in [2.05, 4.69) is 156 Å². The van der Waals surface area contributed by atoms with E-state index in [9.17, 15) is 18.4 Å². The van der Waals surface area contributed by atoms with Gasteiger partial charge in [-0.05, 0) is 109 Å². The Bertz CT molecular complexity index is 3920. The van der Waals surface area contributed by atoms with Crippen LogP contribution in [-0.4, -0.2) is 83.3 Å². The van der Waals surface area contributed by atoms with Crippen LogP contribution in [0, 0.1) is 23.5 Å². The van der Waals surface area contributed by atoms with Crippen LogP contribution in [-0.2, 0) is 22.4 Å². The van der Waals surface area contributed by atoms with Gasteiger partial charge in [-0.15, -0.1) is 33.6 Å². The number of carbonyl (C=O) groups excluding carboxylic acids is 2. The molecular formula is C68H68BBrF2N12O4. The number of nitrogens with one attached hydrogen (secondary N) is 6. The molecular weight excluding hydrogens is 1180 g/mol. The van der Waals surface area contributed by atoms with Crippen LogP contribution in [0.5, 0.6) is 0 Å². The number of amides is 2. The Morgan fingerprint density at radius 3 is 1.43 bits per heavy atom. The van der Waals surface area contributed by atoms with Crippen LogP contribution >= 0.6 is 15.9 Å². The number of nitrogens with zero attached hydrogens (tertiary/aromatic N) is 6. The average molecular weight is 1250 g/mol. The van der Waals surface area contributed by atoms with Gasteiger partial charge in [-0.2, -0.15) is 10.4 Å². The number of anilines is 4. The molecule has 0 aliphatic rings. The van der Waals surface area contributed by atoms with Crippen LogP contribution in [0.4, 0.5) is 31.5 Å². The van der Waals surface area contributed by atoms with Crippen molar-refractivity contribution in [2.75, 3.05) is 34.4 Å². The van der Waals surface area contributed by atoms with Crippen LogP contribution in [0.15, 0.2) is 212 Å². The molecule has 0 fully saturated rings. The molecule has 448 valence electrons. The van der Waals surface area contributed by atoms with E-state index in [1.807, 2.05) is 84.9 Å². The first-order valence-electron chi connectivity index (χ1n) is 28.5. The lowest BCUT2D eigenvalue weighted by molar-refractivity contribution is -0.116. The van der Waals surface area contributed by atoms with Crippen molar-refractivity contribution in [3.05, 3.63) is 257 Å². The maximum atomic E-state index is 14.4. The highest BCUT2D eigenvalue weighted by Crippen LogP contribution is 2.43. The standard InChI is InChI=1S/C34H33FN6O.C27H28BrFN2O.C7H7BN4O2/c1-4-26(23-12-6-5-7-13-23)29-18-25(27-15-9-10-16-28(27)34-38-40-41-39-34)19-31(33(29)36-21-22(2)3)37-32(42)20-24-14-8-11-17-30(24)35;1-4-22(19-10-6-5-7-11-19)23-15-21(28)16-25(27(23)30-17-18(2)3)31-26(32)14-20-12-8-9-13-24(20)29;13-8(14)6-4-2-1-3-5(6)7-9-11-12-10-7/h4-19,22,26,36H,1,20-21H2,2-3H3,(H,37,42)(H,38,39,40,41);4-13,15-16,18,22,30H,1,14,17H2,2-3H3,(H,31,32);1-4,13-14H,(H,9,10,11,12). The second-order valence-corrected chi connectivity index (χ2v) is 22.2. The normalized spacial score (nSPS) is 11.5. The quantitative estimate of drug-likeness (QED) is 0.0234. The minimum Gasteiger partial charge on any atom is -0.423 e. The Hall–Kier alpha value is -9.76. The minimum atomic E-state index is -1.54. The number of benzene rings is 8. The van der Waals surface area contributed by atoms with Crippen molar-refractivity contribution >= 4 is 63.1 Å². The molecule has 2 unspecified atom stereocenters. The van der Waals surface area contributed by atoms with Crippen LogP contribution in [0.25, 0.3) is 33.9 Å². The number of tetrazole rings is 2. The van der Waals surface area contributed by atoms with E-state index >= 15 is 0 Å². The summed E-state index contributed by atoms with van der Waals surface area (Å²) >= 11 is 3.59. The SMILES string of the molecule is C=CC(c1ccccc1)c1cc(-c2ccccc2-c2nn[nH]n2)cc(NC(=O)Cc2ccccc2F)c1NCC(C)C.C=CC(c1ccccc1)c1cc(Br)cc(NC(=O)Cc2ccccc2F)c1NCC(C)C.OB(O)c1ccccc1-c1nn[nH]n1. The molecule has 2 atom stereocenters. The molecule has 0 saturated carbocycles. The Labute approximate surface area is 519 Å². The molecule has 8 aromatic carbocycles. The molecule has 0 radical (unpaired) electrons. The highest BCUT2D eigenvalue weighted by molar-refractivity contribution is 9.10. The second kappa shape index (κ2) is 31.6. The third-order valence-corrected chi connectivity index (χ3v) is 14.4. The summed E-state index contributed by atoms with van der Waals surface area (Å²) in [6.45, 7) is 18.2. The van der Waals surface area contributed by atoms with Gasteiger partial charge >= 0.3 is 7.12 Å². The van der Waals surface area contributed by atoms with Crippen molar-refractivity contribution < 1.29 is 28.4 Å². The minimum absolute atomic E-state index is 0.0400. The Kier molecular flexibility index (Phi) is 23.1. The molecule has 8 N–H and O–H groups in total. The molecule has 0 spiro atoms. The lowest BCUT2D eigenvalue weighted by atomic mass is 9.77. The topological polar surface area (TPSA) is 232 Å². The third-order valence-electron chi connectivity index (χ3n) is 14.0. The zero-order valence-electron chi connectivity index (χ0n) is 49.1. The van der Waals surface area contributed by atoms with Gasteiger partial charge in [0.1, 0.15) is 11.6 Å². The average Bonchev–Trinajstić information content (AvgIpc) is 2.96. The van der Waals surface area contributed by atoms with Gasteiger partial charge in [0, 0.05) is 40.5 Å². The first-order chi connectivity index (χ1) is 42.6. The fourth-order valence-corrected chi connectivity index (χ4v) is 10.2. The summed E-state index contributed by atoms with van der Waals surface area (Å²) in [5.74, 6) is -0.0811. The predicted molar refractivity (Wildman–Crippen MR) is 350 cm³/mol. The van der Waals surface area contributed by atoms with Crippen molar-refractivity contribution in [2.24, 2.45) is 11.8 Å². The Morgan fingerprint density at radius 2 is 0.977 bits per heavy atom. The monoisotopic (exact) mass is 1240 g/mol. The number of aromatic nitrogens is 8. The van der Waals surface area contributed by atoms with Crippen molar-refractivity contribution in [1.29, 1.82) is 0 Å². The van der Waals surface area contributed by atoms with Crippen LogP contribution in [0.1, 0.15) is 72.9 Å². The molecule has 2 amide bonds. The summed E-state index contributed by atoms with van der Waals surface area (Å²) < 4.78 is 29.3. The maximum Gasteiger partial charge on any atom is 0.489 e. The fraction of sp³-hybridized carbons (Fsp3) is 0.176. The molecule has 20 heteroatoms. The zero-order chi connectivity index (χ0) is 62.5. The molecule has 10 rings (SSSR count). The molecule has 0 saturated heterocycles. The highest BCUT2D eigenvalue weighted by atomic mass is 79.9. The van der Waals surface area contributed by atoms with Crippen LogP contribution < -0.4 is 26.7 Å². The fourth-order valence-electron chi connectivity index (χ4n) is 9.77. The molecule has 2 aromatic heterocycles. The first-order valence-corrected chi connectivity index (χ1v) is 29.3. The lowest BCUT2D eigenvalue weighted by Crippen LogP contribution is -2.31. The predicted octanol–water partition coefficient (Wildman–Crippen LogP) is 12.9. The van der Waals surface area contributed by atoms with Crippen molar-refractivity contribution in [1.82, 2.24) is 41.2 Å². The lowest BCUT2D eigenvalue weighted by Gasteiger charge is -2.25. The number of aromatic amines is 2. The van der Waals surface area contributed by atoms with Gasteiger partial charge in [0.2, 0.25) is 23.5 Å². The van der Waals surface area contributed by atoms with Gasteiger partial charge in [0.25, 0.3) is 0 Å². The molecule has 0 aliphatic carbocycles. The largest absolute Gasteiger partial charge is 0.489 e. The molecule has 2 heterocycles. The van der Waals surface area contributed by atoms with E-state index in [1.165, 1.54) is 12.1 Å². The van der Waals surface area contributed by atoms with E-state index < -0.39 is 12.9 Å². The van der Waals surface area contributed by atoms with Crippen LogP contribution in [0.3, 0.4) is 0 Å². The summed E-state index contributed by atoms with van der Waals surface area (Å²) in [7, 11) is -1.54. The molecule has 0 aliphatic heterocycles. The zero-order valence-corrected chi connectivity index (χ0v) is 50.7. The number of H-pyrrole nitrogens is 2. The Morgan fingerprint density at radius 1 is 0.557 bits per heavy atom. The molecule has 0 bridgehead atoms. The maximum absolute atomic E-state index is 14.4. The van der Waals surface area contributed by atoms with E-state index in [1.54, 1.807) is 60.7 Å². The number of carbonyl (C=O) groups is 2.